The summed E-state index contributed by atoms with van der Waals surface area (Å²) in [5.41, 5.74) is 2.25. The summed E-state index contributed by atoms with van der Waals surface area (Å²) < 4.78 is 5.23. The lowest BCUT2D eigenvalue weighted by Gasteiger charge is -2.14. The molecule has 2 aliphatic rings. The molecule has 1 aliphatic carbocycles. The molecule has 0 atom stereocenters. The lowest BCUT2D eigenvalue weighted by molar-refractivity contribution is -0.140. The molecule has 0 spiro atoms. The van der Waals surface area contributed by atoms with Crippen molar-refractivity contribution >= 4 is 5.97 Å². The van der Waals surface area contributed by atoms with Gasteiger partial charge in [0.15, 0.2) is 0 Å². The largest absolute Gasteiger partial charge is 0.426 e. The molecule has 0 radical (unpaired) electrons. The molecule has 1 heterocycles. The molecule has 0 N–H and O–H groups in total. The minimum absolute atomic E-state index is 0.102. The average Bonchev–Trinajstić information content (AvgIpc) is 2.57. The Morgan fingerprint density at radius 1 is 1.43 bits per heavy atom. The van der Waals surface area contributed by atoms with Gasteiger partial charge < -0.3 is 4.74 Å². The molecule has 14 heavy (non-hydrogen) atoms. The molecule has 0 aromatic carbocycles. The topological polar surface area (TPSA) is 26.3 Å². The number of rotatable bonds is 2. The number of carbonyl (C=O) groups is 1. The van der Waals surface area contributed by atoms with Gasteiger partial charge in [0.05, 0.1) is 6.42 Å². The summed E-state index contributed by atoms with van der Waals surface area (Å²) >= 11 is 0. The Labute approximate surface area is 83.9 Å². The molecule has 1 aliphatic heterocycles. The molecular formula is C12H14O2. The summed E-state index contributed by atoms with van der Waals surface area (Å²) in [6.07, 6.45) is 9.74. The molecular weight excluding hydrogens is 176 g/mol. The number of ether oxygens (including phenoxy) is 1. The van der Waals surface area contributed by atoms with Gasteiger partial charge in [0.2, 0.25) is 0 Å². The Kier molecular flexibility index (Phi) is 2.53. The molecule has 2 heteroatoms. The predicted molar refractivity (Wildman–Crippen MR) is 54.5 cm³/mol. The van der Waals surface area contributed by atoms with Crippen LogP contribution in [0.4, 0.5) is 0 Å². The quantitative estimate of drug-likeness (QED) is 0.626. The van der Waals surface area contributed by atoms with Gasteiger partial charge >= 0.3 is 5.97 Å². The molecule has 0 saturated heterocycles. The van der Waals surface area contributed by atoms with Crippen LogP contribution in [0.15, 0.2) is 35.1 Å². The summed E-state index contributed by atoms with van der Waals surface area (Å²) in [6, 6.07) is 0. The van der Waals surface area contributed by atoms with Gasteiger partial charge in [-0.25, -0.2) is 0 Å². The fraction of sp³-hybridized carbons (Fsp3) is 0.417. The highest BCUT2D eigenvalue weighted by molar-refractivity contribution is 5.75. The summed E-state index contributed by atoms with van der Waals surface area (Å²) in [5, 5.41) is 0. The number of allylic oxidation sites excluding steroid dienone is 4. The van der Waals surface area contributed by atoms with Crippen LogP contribution in [0.25, 0.3) is 0 Å². The van der Waals surface area contributed by atoms with Crippen molar-refractivity contribution in [1.82, 2.24) is 0 Å². The Balaban J connectivity index is 2.20. The first-order valence-corrected chi connectivity index (χ1v) is 5.13. The highest BCUT2D eigenvalue weighted by Crippen LogP contribution is 2.32. The maximum Gasteiger partial charge on any atom is 0.311 e. The lowest BCUT2D eigenvalue weighted by Crippen LogP contribution is -2.11. The van der Waals surface area contributed by atoms with Gasteiger partial charge in [0.25, 0.3) is 0 Å². The molecule has 0 unspecified atom stereocenters. The normalized spacial score (nSPS) is 22.9. The Morgan fingerprint density at radius 3 is 3.07 bits per heavy atom. The third kappa shape index (κ3) is 1.65. The van der Waals surface area contributed by atoms with Crippen LogP contribution < -0.4 is 0 Å². The van der Waals surface area contributed by atoms with Crippen molar-refractivity contribution in [3.63, 3.8) is 0 Å². The number of hydrogen-bond acceptors (Lipinski definition) is 2. The van der Waals surface area contributed by atoms with Crippen LogP contribution in [0, 0.1) is 0 Å². The summed E-state index contributed by atoms with van der Waals surface area (Å²) in [4.78, 5) is 11.1. The Hall–Kier alpha value is -1.31. The molecule has 0 aromatic rings. The maximum absolute atomic E-state index is 11.1. The second-order valence-corrected chi connectivity index (χ2v) is 3.61. The van der Waals surface area contributed by atoms with Gasteiger partial charge in [0, 0.05) is 5.57 Å². The Bertz CT molecular complexity index is 345. The molecule has 0 saturated carbocycles. The molecule has 0 fully saturated rings. The molecule has 74 valence electrons. The second-order valence-electron chi connectivity index (χ2n) is 3.61. The monoisotopic (exact) mass is 190 g/mol. The van der Waals surface area contributed by atoms with E-state index in [1.165, 1.54) is 5.57 Å². The Morgan fingerprint density at radius 2 is 2.29 bits per heavy atom. The molecule has 0 amide bonds. The van der Waals surface area contributed by atoms with Gasteiger partial charge in [-0.3, -0.25) is 4.79 Å². The average molecular weight is 190 g/mol. The van der Waals surface area contributed by atoms with E-state index in [1.807, 2.05) is 6.08 Å². The fourth-order valence-electron chi connectivity index (χ4n) is 1.71. The highest BCUT2D eigenvalue weighted by Gasteiger charge is 2.23. The summed E-state index contributed by atoms with van der Waals surface area (Å²) in [5.74, 6) is 0.699. The van der Waals surface area contributed by atoms with Crippen LogP contribution in [0.3, 0.4) is 0 Å². The van der Waals surface area contributed by atoms with Crippen molar-refractivity contribution in [3.8, 4) is 0 Å². The number of esters is 1. The third-order valence-corrected chi connectivity index (χ3v) is 2.49. The van der Waals surface area contributed by atoms with E-state index in [0.717, 1.165) is 30.6 Å². The van der Waals surface area contributed by atoms with E-state index in [-0.39, 0.29) is 5.97 Å². The lowest BCUT2D eigenvalue weighted by atomic mass is 10.1. The molecule has 2 nitrogen and oxygen atoms in total. The summed E-state index contributed by atoms with van der Waals surface area (Å²) in [7, 11) is 0. The van der Waals surface area contributed by atoms with Crippen molar-refractivity contribution in [2.75, 3.05) is 0 Å². The van der Waals surface area contributed by atoms with Crippen LogP contribution in [0.5, 0.6) is 0 Å². The maximum atomic E-state index is 11.1. The van der Waals surface area contributed by atoms with Gasteiger partial charge in [-0.15, -0.1) is 0 Å². The fourth-order valence-corrected chi connectivity index (χ4v) is 1.71. The van der Waals surface area contributed by atoms with E-state index in [0.29, 0.717) is 6.42 Å². The van der Waals surface area contributed by atoms with E-state index >= 15 is 0 Å². The summed E-state index contributed by atoms with van der Waals surface area (Å²) in [6.45, 7) is 2.14. The zero-order valence-corrected chi connectivity index (χ0v) is 8.38. The standard InChI is InChI=1S/C12H14O2/c1-2-3-4-9-5-6-10-7-8-11(13)14-12(9)10/h4-6H,2-3,7-8H2,1H3/b9-4+. The van der Waals surface area contributed by atoms with Gasteiger partial charge in [0.1, 0.15) is 5.76 Å². The van der Waals surface area contributed by atoms with Gasteiger partial charge in [-0.05, 0) is 18.4 Å². The van der Waals surface area contributed by atoms with Crippen molar-refractivity contribution in [3.05, 3.63) is 35.1 Å². The van der Waals surface area contributed by atoms with E-state index in [4.69, 9.17) is 4.74 Å². The number of carbonyl (C=O) groups excluding carboxylic acids is 1. The van der Waals surface area contributed by atoms with E-state index in [2.05, 4.69) is 19.1 Å². The van der Waals surface area contributed by atoms with Crippen molar-refractivity contribution in [2.45, 2.75) is 32.6 Å². The molecule has 2 rings (SSSR count). The van der Waals surface area contributed by atoms with E-state index < -0.39 is 0 Å². The zero-order valence-electron chi connectivity index (χ0n) is 8.38. The molecule has 0 bridgehead atoms. The number of hydrogen-bond donors (Lipinski definition) is 0. The van der Waals surface area contributed by atoms with Gasteiger partial charge in [-0.2, -0.15) is 0 Å². The minimum atomic E-state index is -0.102. The molecule has 0 aromatic heterocycles. The highest BCUT2D eigenvalue weighted by atomic mass is 16.5. The smallest absolute Gasteiger partial charge is 0.311 e. The first kappa shape index (κ1) is 9.25. The van der Waals surface area contributed by atoms with Crippen molar-refractivity contribution in [1.29, 1.82) is 0 Å². The predicted octanol–water partition coefficient (Wildman–Crippen LogP) is 2.87. The van der Waals surface area contributed by atoms with Crippen LogP contribution in [-0.2, 0) is 9.53 Å². The zero-order chi connectivity index (χ0) is 9.97. The van der Waals surface area contributed by atoms with Crippen LogP contribution in [0.1, 0.15) is 32.6 Å². The first-order valence-electron chi connectivity index (χ1n) is 5.13. The second kappa shape index (κ2) is 3.82. The van der Waals surface area contributed by atoms with Crippen LogP contribution in [-0.4, -0.2) is 5.97 Å². The van der Waals surface area contributed by atoms with Gasteiger partial charge in [-0.1, -0.05) is 31.6 Å². The minimum Gasteiger partial charge on any atom is -0.426 e. The number of unbranched alkanes of at least 4 members (excludes halogenated alkanes) is 1. The van der Waals surface area contributed by atoms with E-state index in [9.17, 15) is 4.79 Å². The third-order valence-electron chi connectivity index (χ3n) is 2.49. The van der Waals surface area contributed by atoms with Crippen LogP contribution >= 0.6 is 0 Å². The van der Waals surface area contributed by atoms with Crippen LogP contribution in [0.2, 0.25) is 0 Å². The first-order chi connectivity index (χ1) is 6.81. The van der Waals surface area contributed by atoms with E-state index in [1.54, 1.807) is 0 Å². The van der Waals surface area contributed by atoms with Crippen molar-refractivity contribution < 1.29 is 9.53 Å². The van der Waals surface area contributed by atoms with Crippen molar-refractivity contribution in [2.24, 2.45) is 0 Å². The SMILES string of the molecule is CCC/C=C1\C=CC2=C1OC(=O)CC2.